The van der Waals surface area contributed by atoms with Crippen molar-refractivity contribution in [2.24, 2.45) is 0 Å². The first-order chi connectivity index (χ1) is 13.7. The highest BCUT2D eigenvalue weighted by Crippen LogP contribution is 2.44. The third kappa shape index (κ3) is 3.97. The van der Waals surface area contributed by atoms with Crippen LogP contribution >= 0.6 is 0 Å². The predicted octanol–water partition coefficient (Wildman–Crippen LogP) is 5.20. The molecule has 0 saturated heterocycles. The van der Waals surface area contributed by atoms with Crippen LogP contribution in [-0.2, 0) is 6.18 Å². The number of hydrogen-bond acceptors (Lipinski definition) is 2. The monoisotopic (exact) mass is 405 g/mol. The number of alkyl halides is 3. The normalized spacial score (nSPS) is 19.6. The molecule has 1 atom stereocenters. The minimum absolute atomic E-state index is 0.0162. The van der Waals surface area contributed by atoms with Gasteiger partial charge in [-0.1, -0.05) is 24.3 Å². The molecule has 1 amide bonds. The Labute approximate surface area is 164 Å². The summed E-state index contributed by atoms with van der Waals surface area (Å²) in [7, 11) is 0. The fourth-order valence-corrected chi connectivity index (χ4v) is 3.47. The molecule has 29 heavy (non-hydrogen) atoms. The van der Waals surface area contributed by atoms with E-state index in [0.717, 1.165) is 35.2 Å². The molecule has 4 rings (SSSR count). The number of benzene rings is 1. The molecular weight excluding hydrogens is 386 g/mol. The summed E-state index contributed by atoms with van der Waals surface area (Å²) in [5.41, 5.74) is 0.945. The van der Waals surface area contributed by atoms with E-state index in [-0.39, 0.29) is 23.9 Å². The van der Waals surface area contributed by atoms with Crippen LogP contribution in [0.4, 0.5) is 17.6 Å². The van der Waals surface area contributed by atoms with Gasteiger partial charge in [0.1, 0.15) is 11.9 Å². The first kappa shape index (κ1) is 19.4. The van der Waals surface area contributed by atoms with Crippen LogP contribution in [0, 0.1) is 6.92 Å². The van der Waals surface area contributed by atoms with E-state index in [1.54, 1.807) is 31.2 Å². The van der Waals surface area contributed by atoms with E-state index >= 15 is 0 Å². The van der Waals surface area contributed by atoms with Gasteiger partial charge in [0.05, 0.1) is 0 Å². The van der Waals surface area contributed by atoms with Gasteiger partial charge in [-0.2, -0.15) is 18.3 Å². The van der Waals surface area contributed by atoms with Crippen molar-refractivity contribution in [3.05, 3.63) is 76.5 Å². The molecule has 1 saturated carbocycles. The van der Waals surface area contributed by atoms with Crippen LogP contribution in [0.15, 0.2) is 54.0 Å². The van der Waals surface area contributed by atoms with Crippen LogP contribution in [0.25, 0.3) is 0 Å². The lowest BCUT2D eigenvalue weighted by atomic mass is 10.0. The molecule has 1 N–H and O–H groups in total. The van der Waals surface area contributed by atoms with Crippen molar-refractivity contribution in [3.63, 3.8) is 0 Å². The summed E-state index contributed by atoms with van der Waals surface area (Å²) in [6.45, 7) is 1.80. The van der Waals surface area contributed by atoms with Gasteiger partial charge in [0.25, 0.3) is 5.91 Å². The molecule has 8 heteroatoms. The second kappa shape index (κ2) is 7.17. The number of halogens is 4. The van der Waals surface area contributed by atoms with E-state index in [1.165, 1.54) is 0 Å². The van der Waals surface area contributed by atoms with Crippen molar-refractivity contribution < 1.29 is 22.4 Å². The average Bonchev–Trinajstić information content (AvgIpc) is 3.39. The number of aryl methyl sites for hydroxylation is 1. The number of amides is 1. The maximum Gasteiger partial charge on any atom is 0.435 e. The standard InChI is InChI=1S/C21H19F4N3O/c1-12-4-2-3-5-15(12)20(29)26-14-8-9-17(16(22)10-14)28-18(13-6-7-13)11-19(27-28)21(23,24)25/h2-5,8,10-11,13,17H,6-7,9H2,1H3,(H,26,29). The van der Waals surface area contributed by atoms with Gasteiger partial charge in [0, 0.05) is 22.9 Å². The molecule has 1 aromatic heterocycles. The molecule has 1 heterocycles. The van der Waals surface area contributed by atoms with E-state index in [0.29, 0.717) is 11.3 Å². The summed E-state index contributed by atoms with van der Waals surface area (Å²) >= 11 is 0. The first-order valence-corrected chi connectivity index (χ1v) is 9.35. The van der Waals surface area contributed by atoms with Crippen LogP contribution in [0.1, 0.15) is 58.5 Å². The van der Waals surface area contributed by atoms with Gasteiger partial charge in [0.15, 0.2) is 5.69 Å². The molecule has 0 aliphatic heterocycles. The van der Waals surface area contributed by atoms with Crippen molar-refractivity contribution in [2.45, 2.75) is 44.3 Å². The summed E-state index contributed by atoms with van der Waals surface area (Å²) in [5, 5.41) is 6.31. The number of hydrogen-bond donors (Lipinski definition) is 1. The minimum Gasteiger partial charge on any atom is -0.322 e. The predicted molar refractivity (Wildman–Crippen MR) is 98.8 cm³/mol. The first-order valence-electron chi connectivity index (χ1n) is 9.35. The fraction of sp³-hybridized carbons (Fsp3) is 0.333. The van der Waals surface area contributed by atoms with Crippen LogP contribution in [-0.4, -0.2) is 15.7 Å². The van der Waals surface area contributed by atoms with Crippen molar-refractivity contribution in [2.75, 3.05) is 0 Å². The third-order valence-corrected chi connectivity index (χ3v) is 5.17. The molecule has 4 nitrogen and oxygen atoms in total. The molecule has 2 aliphatic rings. The minimum atomic E-state index is -4.58. The van der Waals surface area contributed by atoms with Crippen LogP contribution in [0.2, 0.25) is 0 Å². The number of allylic oxidation sites excluding steroid dienone is 3. The molecule has 1 unspecified atom stereocenters. The molecule has 0 radical (unpaired) electrons. The maximum atomic E-state index is 14.8. The zero-order chi connectivity index (χ0) is 20.8. The largest absolute Gasteiger partial charge is 0.435 e. The Morgan fingerprint density at radius 3 is 2.59 bits per heavy atom. The van der Waals surface area contributed by atoms with Crippen molar-refractivity contribution >= 4 is 5.91 Å². The molecule has 2 aromatic rings. The second-order valence-electron chi connectivity index (χ2n) is 7.38. The number of carbonyl (C=O) groups is 1. The van der Waals surface area contributed by atoms with Crippen LogP contribution in [0.3, 0.4) is 0 Å². The second-order valence-corrected chi connectivity index (χ2v) is 7.38. The Bertz CT molecular complexity index is 1020. The van der Waals surface area contributed by atoms with Crippen molar-refractivity contribution in [1.82, 2.24) is 15.1 Å². The highest BCUT2D eigenvalue weighted by Gasteiger charge is 2.39. The molecule has 1 aromatic carbocycles. The number of nitrogens with one attached hydrogen (secondary N) is 1. The Hall–Kier alpha value is -2.90. The quantitative estimate of drug-likeness (QED) is 0.711. The van der Waals surface area contributed by atoms with E-state index in [1.807, 2.05) is 6.07 Å². The van der Waals surface area contributed by atoms with Crippen molar-refractivity contribution in [1.29, 1.82) is 0 Å². The van der Waals surface area contributed by atoms with Gasteiger partial charge in [-0.15, -0.1) is 0 Å². The Kier molecular flexibility index (Phi) is 4.80. The molecule has 1 fully saturated rings. The van der Waals surface area contributed by atoms with Crippen LogP contribution < -0.4 is 5.32 Å². The molecule has 152 valence electrons. The zero-order valence-electron chi connectivity index (χ0n) is 15.6. The summed E-state index contributed by atoms with van der Waals surface area (Å²) in [6.07, 6.45) is -0.175. The van der Waals surface area contributed by atoms with Crippen molar-refractivity contribution in [3.8, 4) is 0 Å². The fourth-order valence-electron chi connectivity index (χ4n) is 3.47. The Morgan fingerprint density at radius 1 is 1.24 bits per heavy atom. The lowest BCUT2D eigenvalue weighted by Gasteiger charge is -2.22. The molecule has 2 aliphatic carbocycles. The van der Waals surface area contributed by atoms with Gasteiger partial charge in [-0.3, -0.25) is 9.48 Å². The van der Waals surface area contributed by atoms with E-state index in [9.17, 15) is 22.4 Å². The molecule has 0 spiro atoms. The zero-order valence-corrected chi connectivity index (χ0v) is 15.6. The molecule has 0 bridgehead atoms. The lowest BCUT2D eigenvalue weighted by Crippen LogP contribution is -2.25. The number of rotatable bonds is 4. The van der Waals surface area contributed by atoms with E-state index in [4.69, 9.17) is 0 Å². The van der Waals surface area contributed by atoms with Gasteiger partial charge in [0.2, 0.25) is 0 Å². The topological polar surface area (TPSA) is 46.9 Å². The molecular formula is C21H19F4N3O. The summed E-state index contributed by atoms with van der Waals surface area (Å²) < 4.78 is 55.2. The SMILES string of the molecule is Cc1ccccc1C(=O)NC1=CCC(n2nc(C(F)(F)F)cc2C2CC2)C(F)=C1. The lowest BCUT2D eigenvalue weighted by molar-refractivity contribution is -0.141. The number of nitrogens with zero attached hydrogens (tertiary/aromatic N) is 2. The summed E-state index contributed by atoms with van der Waals surface area (Å²) in [6, 6.07) is 7.09. The maximum absolute atomic E-state index is 14.8. The van der Waals surface area contributed by atoms with Crippen LogP contribution in [0.5, 0.6) is 0 Å². The Balaban J connectivity index is 1.55. The summed E-state index contributed by atoms with van der Waals surface area (Å²) in [5.74, 6) is -1.02. The Morgan fingerprint density at radius 2 is 1.97 bits per heavy atom. The van der Waals surface area contributed by atoms with Gasteiger partial charge in [-0.05, 0) is 50.0 Å². The highest BCUT2D eigenvalue weighted by molar-refractivity contribution is 5.96. The van der Waals surface area contributed by atoms with Gasteiger partial charge < -0.3 is 5.32 Å². The smallest absolute Gasteiger partial charge is 0.322 e. The highest BCUT2D eigenvalue weighted by atomic mass is 19.4. The number of aromatic nitrogens is 2. The van der Waals surface area contributed by atoms with E-state index in [2.05, 4.69) is 10.4 Å². The third-order valence-electron chi connectivity index (χ3n) is 5.17. The van der Waals surface area contributed by atoms with Gasteiger partial charge in [-0.25, -0.2) is 4.39 Å². The average molecular weight is 405 g/mol. The van der Waals surface area contributed by atoms with E-state index < -0.39 is 23.7 Å². The van der Waals surface area contributed by atoms with Gasteiger partial charge >= 0.3 is 6.18 Å². The summed E-state index contributed by atoms with van der Waals surface area (Å²) in [4.78, 5) is 12.4. The number of carbonyl (C=O) groups excluding carboxylic acids is 1.